The third-order valence-corrected chi connectivity index (χ3v) is 4.64. The third-order valence-electron chi connectivity index (χ3n) is 4.64. The number of carbonyl (C=O) groups excluding carboxylic acids is 2. The van der Waals surface area contributed by atoms with Gasteiger partial charge in [0.1, 0.15) is 12.3 Å². The van der Waals surface area contributed by atoms with Crippen molar-refractivity contribution in [3.8, 4) is 17.2 Å². The molecule has 7 nitrogen and oxygen atoms in total. The second-order valence-corrected chi connectivity index (χ2v) is 6.44. The first-order chi connectivity index (χ1) is 13.2. The van der Waals surface area contributed by atoms with E-state index in [1.54, 1.807) is 24.3 Å². The summed E-state index contributed by atoms with van der Waals surface area (Å²) in [5, 5.41) is 1.89. The molecule has 1 saturated heterocycles. The van der Waals surface area contributed by atoms with E-state index in [0.717, 1.165) is 11.3 Å². The van der Waals surface area contributed by atoms with Crippen molar-refractivity contribution in [3.05, 3.63) is 48.0 Å². The monoisotopic (exact) mass is 369 g/mol. The van der Waals surface area contributed by atoms with Gasteiger partial charge in [-0.25, -0.2) is 4.90 Å². The van der Waals surface area contributed by atoms with Gasteiger partial charge in [0.15, 0.2) is 17.5 Å². The van der Waals surface area contributed by atoms with Crippen LogP contribution < -0.4 is 24.4 Å². The van der Waals surface area contributed by atoms with Crippen molar-refractivity contribution < 1.29 is 29.1 Å². The average molecular weight is 369 g/mol. The Hall–Kier alpha value is -3.06. The Morgan fingerprint density at radius 1 is 1.15 bits per heavy atom. The molecule has 7 heteroatoms. The van der Waals surface area contributed by atoms with Crippen LogP contribution in [0, 0.1) is 0 Å². The number of imide groups is 1. The van der Waals surface area contributed by atoms with E-state index >= 15 is 0 Å². The predicted molar refractivity (Wildman–Crippen MR) is 96.7 cm³/mol. The molecule has 2 aromatic rings. The highest BCUT2D eigenvalue weighted by atomic mass is 16.7. The van der Waals surface area contributed by atoms with Gasteiger partial charge >= 0.3 is 0 Å². The summed E-state index contributed by atoms with van der Waals surface area (Å²) in [5.41, 5.74) is 1.56. The summed E-state index contributed by atoms with van der Waals surface area (Å²) in [7, 11) is 0. The molecule has 2 aliphatic heterocycles. The Kier molecular flexibility index (Phi) is 4.68. The molecule has 0 unspecified atom stereocenters. The first-order valence-electron chi connectivity index (χ1n) is 8.97. The number of ether oxygens (including phenoxy) is 3. The van der Waals surface area contributed by atoms with Crippen LogP contribution in [0.1, 0.15) is 18.9 Å². The fraction of sp³-hybridized carbons (Fsp3) is 0.300. The second kappa shape index (κ2) is 7.28. The van der Waals surface area contributed by atoms with Crippen LogP contribution in [0.15, 0.2) is 42.5 Å². The molecule has 2 amide bonds. The highest BCUT2D eigenvalue weighted by molar-refractivity contribution is 6.21. The lowest BCUT2D eigenvalue weighted by Gasteiger charge is -2.15. The van der Waals surface area contributed by atoms with Gasteiger partial charge < -0.3 is 19.5 Å². The lowest BCUT2D eigenvalue weighted by molar-refractivity contribution is -0.690. The van der Waals surface area contributed by atoms with Gasteiger partial charge in [0.2, 0.25) is 12.7 Å². The number of quaternary nitrogens is 1. The topological polar surface area (TPSA) is 81.7 Å². The van der Waals surface area contributed by atoms with E-state index in [2.05, 4.69) is 0 Å². The van der Waals surface area contributed by atoms with Gasteiger partial charge in [0.05, 0.1) is 18.7 Å². The number of nitrogens with two attached hydrogens (primary N) is 1. The van der Waals surface area contributed by atoms with Crippen molar-refractivity contribution in [2.24, 2.45) is 0 Å². The Morgan fingerprint density at radius 3 is 2.85 bits per heavy atom. The normalized spacial score (nSPS) is 18.3. The van der Waals surface area contributed by atoms with Gasteiger partial charge in [-0.2, -0.15) is 0 Å². The molecular formula is C20H21N2O5+. The Balaban J connectivity index is 1.44. The number of benzene rings is 2. The van der Waals surface area contributed by atoms with Crippen LogP contribution in [0.4, 0.5) is 5.69 Å². The van der Waals surface area contributed by atoms with E-state index in [-0.39, 0.29) is 25.0 Å². The minimum absolute atomic E-state index is 0.183. The number of rotatable bonds is 6. The number of anilines is 1. The number of hydrogen-bond donors (Lipinski definition) is 1. The van der Waals surface area contributed by atoms with Crippen LogP contribution in [0.5, 0.6) is 17.2 Å². The summed E-state index contributed by atoms with van der Waals surface area (Å²) in [6.45, 7) is 3.22. The van der Waals surface area contributed by atoms with Crippen molar-refractivity contribution >= 4 is 17.5 Å². The lowest BCUT2D eigenvalue weighted by atomic mass is 10.1. The highest BCUT2D eigenvalue weighted by Crippen LogP contribution is 2.32. The molecule has 27 heavy (non-hydrogen) atoms. The molecule has 0 bridgehead atoms. The van der Waals surface area contributed by atoms with Crippen LogP contribution in [0.3, 0.4) is 0 Å². The van der Waals surface area contributed by atoms with Gasteiger partial charge in [0, 0.05) is 11.6 Å². The maximum Gasteiger partial charge on any atom is 0.292 e. The van der Waals surface area contributed by atoms with E-state index < -0.39 is 6.04 Å². The maximum absolute atomic E-state index is 12.8. The standard InChI is InChI=1S/C20H20N2O5/c1-2-25-15-5-3-4-14(9-15)22-19(23)10-16(20(22)24)21-11-13-6-7-17-18(8-13)27-12-26-17/h3-9,16,21H,2,10-12H2,1H3/p+1/t16-/m1/s1. The summed E-state index contributed by atoms with van der Waals surface area (Å²) in [4.78, 5) is 26.5. The maximum atomic E-state index is 12.8. The highest BCUT2D eigenvalue weighted by Gasteiger charge is 2.42. The van der Waals surface area contributed by atoms with Crippen LogP contribution in [0.2, 0.25) is 0 Å². The van der Waals surface area contributed by atoms with Crippen LogP contribution in [0.25, 0.3) is 0 Å². The molecule has 0 aliphatic carbocycles. The van der Waals surface area contributed by atoms with Crippen molar-refractivity contribution in [3.63, 3.8) is 0 Å². The van der Waals surface area contributed by atoms with Crippen molar-refractivity contribution in [2.75, 3.05) is 18.3 Å². The van der Waals surface area contributed by atoms with Gasteiger partial charge in [-0.1, -0.05) is 6.07 Å². The van der Waals surface area contributed by atoms with Gasteiger partial charge in [-0.3, -0.25) is 9.59 Å². The molecule has 1 fully saturated rings. The molecular weight excluding hydrogens is 348 g/mol. The summed E-state index contributed by atoms with van der Waals surface area (Å²) < 4.78 is 16.1. The Morgan fingerprint density at radius 2 is 2.00 bits per heavy atom. The predicted octanol–water partition coefficient (Wildman–Crippen LogP) is 1.21. The van der Waals surface area contributed by atoms with E-state index in [1.807, 2.05) is 30.4 Å². The van der Waals surface area contributed by atoms with Crippen molar-refractivity contribution in [1.82, 2.24) is 0 Å². The number of amides is 2. The summed E-state index contributed by atoms with van der Waals surface area (Å²) >= 11 is 0. The average Bonchev–Trinajstić information content (AvgIpc) is 3.24. The summed E-state index contributed by atoms with van der Waals surface area (Å²) in [6, 6.07) is 12.3. The van der Waals surface area contributed by atoms with E-state index in [1.165, 1.54) is 4.90 Å². The van der Waals surface area contributed by atoms with E-state index in [9.17, 15) is 9.59 Å². The molecule has 0 spiro atoms. The molecule has 4 rings (SSSR count). The minimum Gasteiger partial charge on any atom is -0.494 e. The Labute approximate surface area is 156 Å². The Bertz CT molecular complexity index is 882. The zero-order valence-electron chi connectivity index (χ0n) is 15.0. The van der Waals surface area contributed by atoms with E-state index in [0.29, 0.717) is 30.3 Å². The largest absolute Gasteiger partial charge is 0.494 e. The van der Waals surface area contributed by atoms with Crippen molar-refractivity contribution in [1.29, 1.82) is 0 Å². The fourth-order valence-corrected chi connectivity index (χ4v) is 3.34. The third kappa shape index (κ3) is 3.46. The fourth-order valence-electron chi connectivity index (χ4n) is 3.34. The number of nitrogens with zero attached hydrogens (tertiary/aromatic N) is 1. The van der Waals surface area contributed by atoms with Crippen LogP contribution in [-0.2, 0) is 16.1 Å². The van der Waals surface area contributed by atoms with Gasteiger partial charge in [0.25, 0.3) is 5.91 Å². The smallest absolute Gasteiger partial charge is 0.292 e. The molecule has 1 atom stereocenters. The van der Waals surface area contributed by atoms with Crippen molar-refractivity contribution in [2.45, 2.75) is 25.9 Å². The summed E-state index contributed by atoms with van der Waals surface area (Å²) in [5.74, 6) is 1.69. The first kappa shape index (κ1) is 17.4. The molecule has 2 aliphatic rings. The van der Waals surface area contributed by atoms with Gasteiger partial charge in [-0.05, 0) is 37.3 Å². The lowest BCUT2D eigenvalue weighted by Crippen LogP contribution is -2.90. The molecule has 0 radical (unpaired) electrons. The molecule has 0 aromatic heterocycles. The minimum atomic E-state index is -0.432. The first-order valence-corrected chi connectivity index (χ1v) is 8.97. The molecule has 140 valence electrons. The number of hydrogen-bond acceptors (Lipinski definition) is 5. The summed E-state index contributed by atoms with van der Waals surface area (Å²) in [6.07, 6.45) is 0.183. The van der Waals surface area contributed by atoms with E-state index in [4.69, 9.17) is 14.2 Å². The molecule has 2 heterocycles. The zero-order valence-corrected chi connectivity index (χ0v) is 15.0. The second-order valence-electron chi connectivity index (χ2n) is 6.44. The number of carbonyl (C=O) groups is 2. The molecule has 2 aromatic carbocycles. The van der Waals surface area contributed by atoms with Crippen LogP contribution >= 0.6 is 0 Å². The van der Waals surface area contributed by atoms with Gasteiger partial charge in [-0.15, -0.1) is 0 Å². The quantitative estimate of drug-likeness (QED) is 0.774. The number of fused-ring (bicyclic) bond motifs is 1. The van der Waals surface area contributed by atoms with Crippen LogP contribution in [-0.4, -0.2) is 31.3 Å². The molecule has 0 saturated carbocycles. The molecule has 2 N–H and O–H groups in total. The SMILES string of the molecule is CCOc1cccc(N2C(=O)C[C@@H]([NH2+]Cc3ccc4c(c3)OCO4)C2=O)c1. The zero-order chi connectivity index (χ0) is 18.8.